The summed E-state index contributed by atoms with van der Waals surface area (Å²) < 4.78 is 1.05. The Morgan fingerprint density at radius 3 is 2.48 bits per heavy atom. The number of rotatable bonds is 4. The molecule has 120 valence electrons. The van der Waals surface area contributed by atoms with E-state index in [1.165, 1.54) is 22.3 Å². The molecule has 1 atom stereocenters. The van der Waals surface area contributed by atoms with Crippen LogP contribution >= 0.6 is 15.9 Å². The van der Waals surface area contributed by atoms with E-state index < -0.39 is 0 Å². The lowest BCUT2D eigenvalue weighted by atomic mass is 9.92. The van der Waals surface area contributed by atoms with Crippen LogP contribution < -0.4 is 0 Å². The first-order valence-corrected chi connectivity index (χ1v) is 9.27. The van der Waals surface area contributed by atoms with Crippen LogP contribution in [0.25, 0.3) is 0 Å². The molecule has 0 saturated carbocycles. The first-order chi connectivity index (χ1) is 11.0. The van der Waals surface area contributed by atoms with Gasteiger partial charge in [-0.15, -0.1) is 0 Å². The molecule has 2 heteroatoms. The second-order valence-electron chi connectivity index (χ2n) is 6.60. The fourth-order valence-electron chi connectivity index (χ4n) is 3.48. The third-order valence-electron chi connectivity index (χ3n) is 5.22. The Morgan fingerprint density at radius 2 is 1.83 bits per heavy atom. The molecule has 2 aromatic rings. The van der Waals surface area contributed by atoms with E-state index in [9.17, 15) is 4.79 Å². The van der Waals surface area contributed by atoms with Crippen molar-refractivity contribution in [1.82, 2.24) is 0 Å². The Hall–Kier alpha value is -1.41. The van der Waals surface area contributed by atoms with Gasteiger partial charge in [0.05, 0.1) is 0 Å². The van der Waals surface area contributed by atoms with Gasteiger partial charge in [0.15, 0.2) is 5.78 Å². The number of carbonyl (C=O) groups excluding carboxylic acids is 1. The molecule has 0 amide bonds. The fraction of sp³-hybridized carbons (Fsp3) is 0.381. The van der Waals surface area contributed by atoms with Crippen LogP contribution in [0.15, 0.2) is 34.8 Å². The van der Waals surface area contributed by atoms with E-state index in [0.717, 1.165) is 41.3 Å². The lowest BCUT2D eigenvalue weighted by Crippen LogP contribution is -2.07. The first-order valence-electron chi connectivity index (χ1n) is 8.48. The van der Waals surface area contributed by atoms with Crippen molar-refractivity contribution in [2.24, 2.45) is 0 Å². The van der Waals surface area contributed by atoms with Gasteiger partial charge in [-0.2, -0.15) is 0 Å². The predicted molar refractivity (Wildman–Crippen MR) is 99.5 cm³/mol. The van der Waals surface area contributed by atoms with E-state index in [2.05, 4.69) is 48.8 Å². The van der Waals surface area contributed by atoms with E-state index in [1.807, 2.05) is 18.2 Å². The van der Waals surface area contributed by atoms with Gasteiger partial charge in [-0.25, -0.2) is 0 Å². The topological polar surface area (TPSA) is 17.1 Å². The maximum atomic E-state index is 13.0. The van der Waals surface area contributed by atoms with Crippen molar-refractivity contribution >= 4 is 21.7 Å². The quantitative estimate of drug-likeness (QED) is 0.603. The second kappa shape index (κ2) is 6.60. The Balaban J connectivity index is 1.98. The van der Waals surface area contributed by atoms with E-state index in [0.29, 0.717) is 5.92 Å². The number of carbonyl (C=O) groups is 1. The molecule has 2 aromatic carbocycles. The number of hydrogen-bond acceptors (Lipinski definition) is 1. The zero-order valence-electron chi connectivity index (χ0n) is 14.1. The molecule has 1 aliphatic carbocycles. The number of benzene rings is 2. The summed E-state index contributed by atoms with van der Waals surface area (Å²) >= 11 is 3.63. The van der Waals surface area contributed by atoms with Gasteiger partial charge in [0.2, 0.25) is 0 Å². The molecule has 23 heavy (non-hydrogen) atoms. The summed E-state index contributed by atoms with van der Waals surface area (Å²) in [6, 6.07) is 10.2. The minimum atomic E-state index is 0.152. The number of ketones is 1. The van der Waals surface area contributed by atoms with Gasteiger partial charge >= 0.3 is 0 Å². The monoisotopic (exact) mass is 370 g/mol. The minimum Gasteiger partial charge on any atom is -0.289 e. The Bertz CT molecular complexity index is 743. The molecule has 1 nitrogen and oxygen atoms in total. The number of fused-ring (bicyclic) bond motifs is 1. The Morgan fingerprint density at radius 1 is 1.17 bits per heavy atom. The molecule has 1 unspecified atom stereocenters. The van der Waals surface area contributed by atoms with Crippen LogP contribution in [0.1, 0.15) is 70.8 Å². The van der Waals surface area contributed by atoms with Crippen LogP contribution in [0.4, 0.5) is 0 Å². The normalized spacial score (nSPS) is 14.6. The summed E-state index contributed by atoms with van der Waals surface area (Å²) in [5.41, 5.74) is 6.91. The molecule has 0 spiro atoms. The number of hydrogen-bond donors (Lipinski definition) is 0. The van der Waals surface area contributed by atoms with Crippen LogP contribution in [-0.4, -0.2) is 5.78 Å². The average molecular weight is 371 g/mol. The molecular weight excluding hydrogens is 348 g/mol. The van der Waals surface area contributed by atoms with Crippen LogP contribution in [0.5, 0.6) is 0 Å². The van der Waals surface area contributed by atoms with Gasteiger partial charge in [-0.05, 0) is 66.8 Å². The molecule has 0 heterocycles. The van der Waals surface area contributed by atoms with Crippen molar-refractivity contribution in [3.05, 3.63) is 68.2 Å². The van der Waals surface area contributed by atoms with Crippen LogP contribution in [0.2, 0.25) is 0 Å². The Labute approximate surface area is 147 Å². The largest absolute Gasteiger partial charge is 0.289 e. The van der Waals surface area contributed by atoms with E-state index in [4.69, 9.17) is 0 Å². The standard InChI is InChI=1S/C21H23BrO/c1-4-13(2)15-8-10-16(11-9-15)21(23)19-12-20(22)14(3)17-6-5-7-18(17)19/h8-13H,4-7H2,1-3H3. The SMILES string of the molecule is CCC(C)c1ccc(C(=O)c2cc(Br)c(C)c3c2CCC3)cc1. The van der Waals surface area contributed by atoms with E-state index in [-0.39, 0.29) is 5.78 Å². The summed E-state index contributed by atoms with van der Waals surface area (Å²) in [5, 5.41) is 0. The van der Waals surface area contributed by atoms with Crippen molar-refractivity contribution in [3.63, 3.8) is 0 Å². The molecule has 0 bridgehead atoms. The van der Waals surface area contributed by atoms with Gasteiger partial charge in [-0.3, -0.25) is 4.79 Å². The number of halogens is 1. The highest BCUT2D eigenvalue weighted by Gasteiger charge is 2.23. The zero-order valence-corrected chi connectivity index (χ0v) is 15.7. The highest BCUT2D eigenvalue weighted by molar-refractivity contribution is 9.10. The van der Waals surface area contributed by atoms with E-state index >= 15 is 0 Å². The predicted octanol–water partition coefficient (Wildman–Crippen LogP) is 5.99. The summed E-state index contributed by atoms with van der Waals surface area (Å²) in [7, 11) is 0. The van der Waals surface area contributed by atoms with Gasteiger partial charge in [0.25, 0.3) is 0 Å². The molecular formula is C21H23BrO. The van der Waals surface area contributed by atoms with Crippen molar-refractivity contribution in [1.29, 1.82) is 0 Å². The molecule has 1 aliphatic rings. The molecule has 0 radical (unpaired) electrons. The van der Waals surface area contributed by atoms with Crippen LogP contribution in [0.3, 0.4) is 0 Å². The van der Waals surface area contributed by atoms with Gasteiger partial charge in [0.1, 0.15) is 0 Å². The maximum Gasteiger partial charge on any atom is 0.193 e. The van der Waals surface area contributed by atoms with Crippen molar-refractivity contribution < 1.29 is 4.79 Å². The van der Waals surface area contributed by atoms with Crippen molar-refractivity contribution in [3.8, 4) is 0 Å². The fourth-order valence-corrected chi connectivity index (χ4v) is 3.95. The third-order valence-corrected chi connectivity index (χ3v) is 6.05. The minimum absolute atomic E-state index is 0.152. The lowest BCUT2D eigenvalue weighted by Gasteiger charge is -2.13. The van der Waals surface area contributed by atoms with Crippen molar-refractivity contribution in [2.45, 2.75) is 52.4 Å². The average Bonchev–Trinajstić information content (AvgIpc) is 3.07. The second-order valence-corrected chi connectivity index (χ2v) is 7.46. The van der Waals surface area contributed by atoms with Gasteiger partial charge in [0, 0.05) is 15.6 Å². The molecule has 0 aromatic heterocycles. The van der Waals surface area contributed by atoms with Gasteiger partial charge < -0.3 is 0 Å². The summed E-state index contributed by atoms with van der Waals surface area (Å²) in [5.74, 6) is 0.691. The molecule has 0 saturated heterocycles. The lowest BCUT2D eigenvalue weighted by molar-refractivity contribution is 0.103. The summed E-state index contributed by atoms with van der Waals surface area (Å²) in [6.45, 7) is 6.56. The van der Waals surface area contributed by atoms with Crippen LogP contribution in [-0.2, 0) is 12.8 Å². The van der Waals surface area contributed by atoms with E-state index in [1.54, 1.807) is 0 Å². The van der Waals surface area contributed by atoms with Crippen molar-refractivity contribution in [2.75, 3.05) is 0 Å². The van der Waals surface area contributed by atoms with Crippen LogP contribution in [0, 0.1) is 6.92 Å². The first kappa shape index (κ1) is 16.4. The zero-order chi connectivity index (χ0) is 16.6. The summed E-state index contributed by atoms with van der Waals surface area (Å²) in [4.78, 5) is 13.0. The summed E-state index contributed by atoms with van der Waals surface area (Å²) in [6.07, 6.45) is 4.38. The smallest absolute Gasteiger partial charge is 0.193 e. The molecule has 0 fully saturated rings. The molecule has 0 N–H and O–H groups in total. The third kappa shape index (κ3) is 3.01. The molecule has 0 aliphatic heterocycles. The highest BCUT2D eigenvalue weighted by Crippen LogP contribution is 2.34. The molecule has 3 rings (SSSR count). The maximum absolute atomic E-state index is 13.0. The Kier molecular flexibility index (Phi) is 4.72. The van der Waals surface area contributed by atoms with Gasteiger partial charge in [-0.1, -0.05) is 54.0 Å². The highest BCUT2D eigenvalue weighted by atomic mass is 79.9.